The van der Waals surface area contributed by atoms with Crippen LogP contribution in [0.15, 0.2) is 23.5 Å². The predicted molar refractivity (Wildman–Crippen MR) is 75.1 cm³/mol. The third-order valence-corrected chi connectivity index (χ3v) is 2.97. The first-order valence-electron chi connectivity index (χ1n) is 6.03. The lowest BCUT2D eigenvalue weighted by molar-refractivity contribution is 0.289. The lowest BCUT2D eigenvalue weighted by atomic mass is 10.0. The van der Waals surface area contributed by atoms with Gasteiger partial charge in [-0.3, -0.25) is 0 Å². The molecule has 0 amide bonds. The largest absolute Gasteiger partial charge is 0.500 e. The van der Waals surface area contributed by atoms with Crippen LogP contribution in [-0.2, 0) is 11.2 Å². The van der Waals surface area contributed by atoms with Gasteiger partial charge in [0.05, 0.1) is 40.1 Å². The van der Waals surface area contributed by atoms with Gasteiger partial charge < -0.3 is 18.9 Å². The average Bonchev–Trinajstić information content (AvgIpc) is 2.50. The molecule has 0 unspecified atom stereocenters. The molecule has 0 bridgehead atoms. The Labute approximate surface area is 119 Å². The number of allylic oxidation sites excluding steroid dienone is 2. The van der Waals surface area contributed by atoms with Gasteiger partial charge in [-0.25, -0.2) is 0 Å². The van der Waals surface area contributed by atoms with Gasteiger partial charge in [0.25, 0.3) is 0 Å². The highest BCUT2D eigenvalue weighted by Crippen LogP contribution is 2.38. The Balaban J connectivity index is 3.24. The second kappa shape index (κ2) is 7.29. The second-order valence-corrected chi connectivity index (χ2v) is 4.06. The van der Waals surface area contributed by atoms with E-state index in [0.29, 0.717) is 35.0 Å². The molecule has 0 saturated heterocycles. The van der Waals surface area contributed by atoms with E-state index in [0.717, 1.165) is 5.56 Å². The Kier molecular flexibility index (Phi) is 5.73. The van der Waals surface area contributed by atoms with E-state index in [1.54, 1.807) is 35.4 Å². The highest BCUT2D eigenvalue weighted by Gasteiger charge is 2.14. The van der Waals surface area contributed by atoms with Gasteiger partial charge in [0.1, 0.15) is 5.76 Å². The van der Waals surface area contributed by atoms with Crippen LogP contribution < -0.4 is 14.2 Å². The van der Waals surface area contributed by atoms with Crippen molar-refractivity contribution in [2.24, 2.45) is 0 Å². The lowest BCUT2D eigenvalue weighted by Crippen LogP contribution is -1.99. The van der Waals surface area contributed by atoms with Crippen molar-refractivity contribution < 1.29 is 18.9 Å². The van der Waals surface area contributed by atoms with E-state index in [4.69, 9.17) is 24.2 Å². The van der Waals surface area contributed by atoms with Gasteiger partial charge in [0, 0.05) is 6.42 Å². The Morgan fingerprint density at radius 3 is 1.95 bits per heavy atom. The molecule has 0 N–H and O–H groups in total. The third-order valence-electron chi connectivity index (χ3n) is 2.97. The molecule has 1 aromatic carbocycles. The number of ether oxygens (including phenoxy) is 4. The molecule has 5 nitrogen and oxygen atoms in total. The van der Waals surface area contributed by atoms with Crippen molar-refractivity contribution in [3.05, 3.63) is 29.0 Å². The van der Waals surface area contributed by atoms with Crippen LogP contribution in [-0.4, -0.2) is 28.4 Å². The first-order valence-corrected chi connectivity index (χ1v) is 6.03. The summed E-state index contributed by atoms with van der Waals surface area (Å²) in [6.45, 7) is 1.76. The van der Waals surface area contributed by atoms with Gasteiger partial charge in [-0.15, -0.1) is 0 Å². The topological polar surface area (TPSA) is 60.7 Å². The van der Waals surface area contributed by atoms with Gasteiger partial charge in [-0.05, 0) is 24.6 Å². The highest BCUT2D eigenvalue weighted by atomic mass is 16.5. The molecule has 0 spiro atoms. The fraction of sp³-hybridized carbons (Fsp3) is 0.400. The zero-order valence-corrected chi connectivity index (χ0v) is 12.4. The molecule has 5 heteroatoms. The molecule has 1 aromatic rings. The summed E-state index contributed by atoms with van der Waals surface area (Å²) in [5, 5.41) is 9.17. The number of nitriles is 1. The van der Waals surface area contributed by atoms with E-state index in [-0.39, 0.29) is 0 Å². The van der Waals surface area contributed by atoms with E-state index in [9.17, 15) is 0 Å². The smallest absolute Gasteiger partial charge is 0.203 e. The number of hydrogen-bond donors (Lipinski definition) is 0. The third kappa shape index (κ3) is 3.35. The number of methoxy groups -OCH3 is 4. The van der Waals surface area contributed by atoms with Crippen LogP contribution in [0.2, 0.25) is 0 Å². The Bertz CT molecular complexity index is 518. The van der Waals surface area contributed by atoms with Crippen molar-refractivity contribution in [1.29, 1.82) is 5.26 Å². The van der Waals surface area contributed by atoms with Crippen molar-refractivity contribution in [2.45, 2.75) is 13.3 Å². The molecule has 0 radical (unpaired) electrons. The minimum Gasteiger partial charge on any atom is -0.500 e. The van der Waals surface area contributed by atoms with Crippen molar-refractivity contribution in [3.63, 3.8) is 0 Å². The Hall–Kier alpha value is -2.35. The van der Waals surface area contributed by atoms with Crippen LogP contribution in [0.4, 0.5) is 0 Å². The molecule has 108 valence electrons. The fourth-order valence-corrected chi connectivity index (χ4v) is 1.81. The molecular formula is C15H19NO4. The molecule has 0 aliphatic heterocycles. The standard InChI is InChI=1S/C15H19NO4/c1-10(17-2)12(9-16)6-11-7-13(18-3)15(20-5)14(8-11)19-4/h7-8H,6H2,1-5H3/b12-10-. The van der Waals surface area contributed by atoms with Crippen molar-refractivity contribution >= 4 is 0 Å². The Morgan fingerprint density at radius 2 is 1.60 bits per heavy atom. The average molecular weight is 277 g/mol. The van der Waals surface area contributed by atoms with Crippen LogP contribution in [0.3, 0.4) is 0 Å². The molecule has 0 aromatic heterocycles. The zero-order chi connectivity index (χ0) is 15.1. The number of hydrogen-bond acceptors (Lipinski definition) is 5. The van der Waals surface area contributed by atoms with E-state index in [2.05, 4.69) is 6.07 Å². The first kappa shape index (κ1) is 15.7. The second-order valence-electron chi connectivity index (χ2n) is 4.06. The number of rotatable bonds is 6. The molecule has 0 atom stereocenters. The van der Waals surface area contributed by atoms with Crippen LogP contribution in [0.5, 0.6) is 17.2 Å². The highest BCUT2D eigenvalue weighted by molar-refractivity contribution is 5.54. The maximum absolute atomic E-state index is 9.17. The normalized spacial score (nSPS) is 11.2. The van der Waals surface area contributed by atoms with Gasteiger partial charge in [-0.2, -0.15) is 5.26 Å². The monoisotopic (exact) mass is 277 g/mol. The summed E-state index contributed by atoms with van der Waals surface area (Å²) in [7, 11) is 6.21. The minimum atomic E-state index is 0.437. The number of benzene rings is 1. The van der Waals surface area contributed by atoms with Crippen LogP contribution in [0, 0.1) is 11.3 Å². The zero-order valence-electron chi connectivity index (χ0n) is 12.4. The Morgan fingerprint density at radius 1 is 1.05 bits per heavy atom. The molecule has 0 aliphatic carbocycles. The molecule has 0 fully saturated rings. The van der Waals surface area contributed by atoms with Gasteiger partial charge in [-0.1, -0.05) is 0 Å². The van der Waals surface area contributed by atoms with E-state index < -0.39 is 0 Å². The van der Waals surface area contributed by atoms with Crippen molar-refractivity contribution in [3.8, 4) is 23.3 Å². The SMILES string of the molecule is CO/C(C)=C(\C#N)Cc1cc(OC)c(OC)c(OC)c1. The summed E-state index contributed by atoms with van der Waals surface area (Å²) in [5.74, 6) is 2.26. The van der Waals surface area contributed by atoms with Crippen molar-refractivity contribution in [1.82, 2.24) is 0 Å². The van der Waals surface area contributed by atoms with Crippen LogP contribution in [0.1, 0.15) is 12.5 Å². The van der Waals surface area contributed by atoms with E-state index >= 15 is 0 Å². The molecular weight excluding hydrogens is 258 g/mol. The summed E-state index contributed by atoms with van der Waals surface area (Å²) >= 11 is 0. The molecule has 20 heavy (non-hydrogen) atoms. The van der Waals surface area contributed by atoms with Crippen LogP contribution >= 0.6 is 0 Å². The quantitative estimate of drug-likeness (QED) is 0.591. The predicted octanol–water partition coefficient (Wildman–Crippen LogP) is 2.70. The maximum Gasteiger partial charge on any atom is 0.203 e. The molecule has 0 saturated carbocycles. The lowest BCUT2D eigenvalue weighted by Gasteiger charge is -2.14. The fourth-order valence-electron chi connectivity index (χ4n) is 1.81. The van der Waals surface area contributed by atoms with Crippen LogP contribution in [0.25, 0.3) is 0 Å². The first-order chi connectivity index (χ1) is 9.60. The summed E-state index contributed by atoms with van der Waals surface area (Å²) in [6, 6.07) is 5.79. The van der Waals surface area contributed by atoms with Gasteiger partial charge in [0.2, 0.25) is 5.75 Å². The molecule has 0 heterocycles. The summed E-state index contributed by atoms with van der Waals surface area (Å²) in [6.07, 6.45) is 0.437. The van der Waals surface area contributed by atoms with Crippen molar-refractivity contribution in [2.75, 3.05) is 28.4 Å². The van der Waals surface area contributed by atoms with Gasteiger partial charge in [0.15, 0.2) is 11.5 Å². The summed E-state index contributed by atoms with van der Waals surface area (Å²) < 4.78 is 20.9. The molecule has 0 aliphatic rings. The minimum absolute atomic E-state index is 0.437. The summed E-state index contributed by atoms with van der Waals surface area (Å²) in [5.41, 5.74) is 1.44. The van der Waals surface area contributed by atoms with E-state index in [1.165, 1.54) is 0 Å². The maximum atomic E-state index is 9.17. The van der Waals surface area contributed by atoms with E-state index in [1.807, 2.05) is 12.1 Å². The van der Waals surface area contributed by atoms with Gasteiger partial charge >= 0.3 is 0 Å². The summed E-state index contributed by atoms with van der Waals surface area (Å²) in [4.78, 5) is 0. The molecule has 1 rings (SSSR count). The number of nitrogens with zero attached hydrogens (tertiary/aromatic N) is 1.